The van der Waals surface area contributed by atoms with Gasteiger partial charge in [0.25, 0.3) is 0 Å². The highest BCUT2D eigenvalue weighted by molar-refractivity contribution is 5.77. The number of ether oxygens (including phenoxy) is 1. The second-order valence-corrected chi connectivity index (χ2v) is 6.30. The van der Waals surface area contributed by atoms with Gasteiger partial charge in [0.1, 0.15) is 0 Å². The Bertz CT molecular complexity index is 328. The van der Waals surface area contributed by atoms with Gasteiger partial charge in [0.15, 0.2) is 0 Å². The molecule has 0 aromatic carbocycles. The van der Waals surface area contributed by atoms with Crippen molar-refractivity contribution < 1.29 is 9.53 Å². The summed E-state index contributed by atoms with van der Waals surface area (Å²) in [7, 11) is 0. The summed E-state index contributed by atoms with van der Waals surface area (Å²) in [4.78, 5) is 14.7. The van der Waals surface area contributed by atoms with Crippen LogP contribution in [0.1, 0.15) is 39.0 Å². The molecule has 3 aliphatic heterocycles. The lowest BCUT2D eigenvalue weighted by atomic mass is 9.93. The fraction of sp³-hybridized carbons (Fsp3) is 0.933. The second kappa shape index (κ2) is 5.80. The third-order valence-corrected chi connectivity index (χ3v) is 5.13. The van der Waals surface area contributed by atoms with Crippen LogP contribution in [0.4, 0.5) is 0 Å². The third kappa shape index (κ3) is 2.65. The molecule has 1 N–H and O–H groups in total. The average Bonchev–Trinajstić information content (AvgIpc) is 2.99. The van der Waals surface area contributed by atoms with Gasteiger partial charge in [0.2, 0.25) is 5.91 Å². The summed E-state index contributed by atoms with van der Waals surface area (Å²) in [5.41, 5.74) is 0. The molecule has 0 bridgehead atoms. The number of hydrogen-bond acceptors (Lipinski definition) is 3. The van der Waals surface area contributed by atoms with Crippen molar-refractivity contribution in [2.45, 2.75) is 51.2 Å². The molecule has 0 aromatic heterocycles. The number of carbonyl (C=O) groups excluding carboxylic acids is 1. The summed E-state index contributed by atoms with van der Waals surface area (Å²) in [6, 6.07) is 0.455. The third-order valence-electron chi connectivity index (χ3n) is 5.13. The van der Waals surface area contributed by atoms with Crippen LogP contribution in [0.5, 0.6) is 0 Å². The maximum Gasteiger partial charge on any atom is 0.225 e. The van der Waals surface area contributed by atoms with E-state index < -0.39 is 0 Å². The zero-order chi connectivity index (χ0) is 13.2. The van der Waals surface area contributed by atoms with Crippen LogP contribution >= 0.6 is 0 Å². The predicted molar refractivity (Wildman–Crippen MR) is 73.8 cm³/mol. The molecule has 3 rings (SSSR count). The predicted octanol–water partition coefficient (Wildman–Crippen LogP) is 1.40. The van der Waals surface area contributed by atoms with Crippen molar-refractivity contribution in [1.82, 2.24) is 10.2 Å². The van der Waals surface area contributed by atoms with Gasteiger partial charge in [-0.2, -0.15) is 0 Å². The molecule has 3 heterocycles. The summed E-state index contributed by atoms with van der Waals surface area (Å²) >= 11 is 0. The van der Waals surface area contributed by atoms with Crippen molar-refractivity contribution in [3.05, 3.63) is 0 Å². The van der Waals surface area contributed by atoms with Gasteiger partial charge in [-0.1, -0.05) is 6.92 Å². The molecule has 4 atom stereocenters. The minimum absolute atomic E-state index is 0.178. The molecule has 4 unspecified atom stereocenters. The first kappa shape index (κ1) is 13.4. The van der Waals surface area contributed by atoms with Crippen molar-refractivity contribution in [2.24, 2.45) is 11.8 Å². The molecule has 19 heavy (non-hydrogen) atoms. The Morgan fingerprint density at radius 2 is 2.26 bits per heavy atom. The van der Waals surface area contributed by atoms with E-state index in [2.05, 4.69) is 17.1 Å². The SMILES string of the molecule is CCC1C2CNCC2CN1C(=O)CC1CCCCO1. The van der Waals surface area contributed by atoms with Crippen LogP contribution in [0.15, 0.2) is 0 Å². The van der Waals surface area contributed by atoms with Gasteiger partial charge < -0.3 is 15.0 Å². The second-order valence-electron chi connectivity index (χ2n) is 6.30. The van der Waals surface area contributed by atoms with Gasteiger partial charge in [-0.3, -0.25) is 4.79 Å². The molecule has 0 aromatic rings. The fourth-order valence-electron chi connectivity index (χ4n) is 4.11. The maximum absolute atomic E-state index is 12.5. The minimum atomic E-state index is 0.178. The smallest absolute Gasteiger partial charge is 0.225 e. The summed E-state index contributed by atoms with van der Waals surface area (Å²) in [5, 5.41) is 3.47. The first-order valence-corrected chi connectivity index (χ1v) is 7.91. The summed E-state index contributed by atoms with van der Waals surface area (Å²) in [6.45, 7) is 6.19. The quantitative estimate of drug-likeness (QED) is 0.839. The number of nitrogens with one attached hydrogen (secondary N) is 1. The van der Waals surface area contributed by atoms with Gasteiger partial charge in [-0.05, 0) is 37.5 Å². The molecule has 4 heteroatoms. The van der Waals surface area contributed by atoms with Gasteiger partial charge in [0, 0.05) is 32.3 Å². The van der Waals surface area contributed by atoms with E-state index in [4.69, 9.17) is 4.74 Å². The molecular weight excluding hydrogens is 240 g/mol. The highest BCUT2D eigenvalue weighted by Gasteiger charge is 2.45. The van der Waals surface area contributed by atoms with E-state index in [1.807, 2.05) is 0 Å². The molecule has 4 nitrogen and oxygen atoms in total. The first-order valence-electron chi connectivity index (χ1n) is 7.91. The lowest BCUT2D eigenvalue weighted by Crippen LogP contribution is -2.41. The van der Waals surface area contributed by atoms with E-state index in [0.717, 1.165) is 45.5 Å². The van der Waals surface area contributed by atoms with E-state index in [0.29, 0.717) is 30.2 Å². The number of hydrogen-bond donors (Lipinski definition) is 1. The Morgan fingerprint density at radius 1 is 1.37 bits per heavy atom. The van der Waals surface area contributed by atoms with Crippen molar-refractivity contribution in [2.75, 3.05) is 26.2 Å². The molecule has 0 radical (unpaired) electrons. The normalized spacial score (nSPS) is 38.5. The van der Waals surface area contributed by atoms with Gasteiger partial charge in [-0.15, -0.1) is 0 Å². The van der Waals surface area contributed by atoms with E-state index in [-0.39, 0.29) is 6.10 Å². The molecule has 0 aliphatic carbocycles. The molecule has 3 aliphatic rings. The lowest BCUT2D eigenvalue weighted by molar-refractivity contribution is -0.136. The van der Waals surface area contributed by atoms with Gasteiger partial charge in [-0.25, -0.2) is 0 Å². The topological polar surface area (TPSA) is 41.6 Å². The molecule has 3 fully saturated rings. The molecule has 0 saturated carbocycles. The van der Waals surface area contributed by atoms with Crippen molar-refractivity contribution in [1.29, 1.82) is 0 Å². The number of nitrogens with zero attached hydrogens (tertiary/aromatic N) is 1. The Morgan fingerprint density at radius 3 is 3.00 bits per heavy atom. The molecule has 3 saturated heterocycles. The van der Waals surface area contributed by atoms with E-state index in [1.165, 1.54) is 6.42 Å². The van der Waals surface area contributed by atoms with E-state index in [1.54, 1.807) is 0 Å². The minimum Gasteiger partial charge on any atom is -0.378 e. The Hall–Kier alpha value is -0.610. The average molecular weight is 266 g/mol. The standard InChI is InChI=1S/C15H26N2O2/c1-2-14-13-9-16-8-11(13)10-17(14)15(18)7-12-5-3-4-6-19-12/h11-14,16H,2-10H2,1H3. The lowest BCUT2D eigenvalue weighted by Gasteiger charge is -2.29. The monoisotopic (exact) mass is 266 g/mol. The fourth-order valence-corrected chi connectivity index (χ4v) is 4.11. The number of carbonyl (C=O) groups is 1. The first-order chi connectivity index (χ1) is 9.29. The van der Waals surface area contributed by atoms with Crippen LogP contribution in [-0.2, 0) is 9.53 Å². The van der Waals surface area contributed by atoms with Crippen LogP contribution in [0, 0.1) is 11.8 Å². The molecule has 108 valence electrons. The van der Waals surface area contributed by atoms with Gasteiger partial charge in [0.05, 0.1) is 12.5 Å². The van der Waals surface area contributed by atoms with Crippen molar-refractivity contribution in [3.8, 4) is 0 Å². The van der Waals surface area contributed by atoms with E-state index in [9.17, 15) is 4.79 Å². The van der Waals surface area contributed by atoms with Gasteiger partial charge >= 0.3 is 0 Å². The summed E-state index contributed by atoms with van der Waals surface area (Å²) in [6.07, 6.45) is 5.29. The van der Waals surface area contributed by atoms with E-state index >= 15 is 0 Å². The maximum atomic E-state index is 12.5. The number of rotatable bonds is 3. The molecule has 0 spiro atoms. The zero-order valence-corrected chi connectivity index (χ0v) is 11.9. The molecular formula is C15H26N2O2. The number of fused-ring (bicyclic) bond motifs is 1. The number of amides is 1. The van der Waals surface area contributed by atoms with Crippen LogP contribution in [-0.4, -0.2) is 49.2 Å². The largest absolute Gasteiger partial charge is 0.378 e. The van der Waals surface area contributed by atoms with Crippen molar-refractivity contribution >= 4 is 5.91 Å². The Kier molecular flexibility index (Phi) is 4.08. The highest BCUT2D eigenvalue weighted by atomic mass is 16.5. The Labute approximate surface area is 115 Å². The van der Waals surface area contributed by atoms with Crippen LogP contribution in [0.3, 0.4) is 0 Å². The highest BCUT2D eigenvalue weighted by Crippen LogP contribution is 2.35. The van der Waals surface area contributed by atoms with Crippen LogP contribution in [0.2, 0.25) is 0 Å². The zero-order valence-electron chi connectivity index (χ0n) is 11.9. The Balaban J connectivity index is 1.59. The van der Waals surface area contributed by atoms with Crippen LogP contribution in [0.25, 0.3) is 0 Å². The summed E-state index contributed by atoms with van der Waals surface area (Å²) in [5.74, 6) is 1.69. The van der Waals surface area contributed by atoms with Crippen LogP contribution < -0.4 is 5.32 Å². The molecule has 1 amide bonds. The number of likely N-dealkylation sites (tertiary alicyclic amines) is 1. The summed E-state index contributed by atoms with van der Waals surface area (Å²) < 4.78 is 5.71. The van der Waals surface area contributed by atoms with Crippen molar-refractivity contribution in [3.63, 3.8) is 0 Å².